The number of halogens is 2. The third-order valence-corrected chi connectivity index (χ3v) is 3.94. The van der Waals surface area contributed by atoms with Crippen molar-refractivity contribution in [1.82, 2.24) is 15.1 Å². The number of rotatable bonds is 2. The summed E-state index contributed by atoms with van der Waals surface area (Å²) in [6, 6.07) is 1.78. The summed E-state index contributed by atoms with van der Waals surface area (Å²) in [6.07, 6.45) is 1.68. The molecule has 0 spiro atoms. The Morgan fingerprint density at radius 1 is 1.32 bits per heavy atom. The van der Waals surface area contributed by atoms with E-state index in [-0.39, 0.29) is 12.0 Å². The molecule has 2 aromatic rings. The number of nitrogens with two attached hydrogens (primary N) is 1. The Labute approximate surface area is 126 Å². The molecule has 2 atom stereocenters. The van der Waals surface area contributed by atoms with E-state index in [2.05, 4.69) is 47.0 Å². The molecule has 0 bridgehead atoms. The highest BCUT2D eigenvalue weighted by Crippen LogP contribution is 2.29. The van der Waals surface area contributed by atoms with Gasteiger partial charge in [-0.1, -0.05) is 5.16 Å². The number of nitrogens with zero attached hydrogens (tertiary/aromatic N) is 3. The number of pyridine rings is 1. The SMILES string of the molecule is NC1COCC1c1nc(-c2ncc(Br)cc2Br)no1. The van der Waals surface area contributed by atoms with E-state index >= 15 is 0 Å². The molecular weight excluding hydrogens is 380 g/mol. The molecule has 19 heavy (non-hydrogen) atoms. The Bertz CT molecular complexity index is 604. The van der Waals surface area contributed by atoms with Gasteiger partial charge in [0.15, 0.2) is 0 Å². The molecule has 8 heteroatoms. The van der Waals surface area contributed by atoms with Gasteiger partial charge in [-0.15, -0.1) is 0 Å². The van der Waals surface area contributed by atoms with Crippen molar-refractivity contribution in [3.05, 3.63) is 27.1 Å². The molecule has 1 fully saturated rings. The molecule has 3 heterocycles. The minimum atomic E-state index is -0.102. The molecule has 100 valence electrons. The van der Waals surface area contributed by atoms with Gasteiger partial charge in [0, 0.05) is 21.2 Å². The molecular formula is C11H10Br2N4O2. The Balaban J connectivity index is 1.92. The molecule has 1 aliphatic rings. The first kappa shape index (κ1) is 13.2. The largest absolute Gasteiger partial charge is 0.379 e. The van der Waals surface area contributed by atoms with Gasteiger partial charge in [0.05, 0.1) is 19.1 Å². The number of ether oxygens (including phenoxy) is 1. The molecule has 3 rings (SSSR count). The van der Waals surface area contributed by atoms with Crippen LogP contribution in [0.1, 0.15) is 11.8 Å². The molecule has 1 saturated heterocycles. The summed E-state index contributed by atoms with van der Waals surface area (Å²) in [7, 11) is 0. The van der Waals surface area contributed by atoms with Crippen LogP contribution >= 0.6 is 31.9 Å². The van der Waals surface area contributed by atoms with E-state index in [4.69, 9.17) is 15.0 Å². The molecule has 1 aliphatic heterocycles. The second-order valence-corrected chi connectivity index (χ2v) is 6.02. The lowest BCUT2D eigenvalue weighted by Crippen LogP contribution is -2.27. The van der Waals surface area contributed by atoms with Gasteiger partial charge in [0.1, 0.15) is 5.69 Å². The van der Waals surface area contributed by atoms with Gasteiger partial charge in [-0.2, -0.15) is 4.98 Å². The first-order valence-electron chi connectivity index (χ1n) is 5.63. The zero-order valence-corrected chi connectivity index (χ0v) is 12.9. The molecule has 0 amide bonds. The zero-order valence-electron chi connectivity index (χ0n) is 9.72. The van der Waals surface area contributed by atoms with Crippen LogP contribution in [0.3, 0.4) is 0 Å². The van der Waals surface area contributed by atoms with Crippen LogP contribution in [-0.4, -0.2) is 34.4 Å². The summed E-state index contributed by atoms with van der Waals surface area (Å²) in [5.41, 5.74) is 6.56. The van der Waals surface area contributed by atoms with Crippen molar-refractivity contribution in [2.24, 2.45) is 5.73 Å². The van der Waals surface area contributed by atoms with Crippen LogP contribution < -0.4 is 5.73 Å². The molecule has 0 aromatic carbocycles. The standard InChI is InChI=1S/C11H10Br2N4O2/c12-5-1-7(13)9(15-2-5)10-16-11(19-17-10)6-3-18-4-8(6)14/h1-2,6,8H,3-4,14H2. The van der Waals surface area contributed by atoms with Crippen LogP contribution in [0.25, 0.3) is 11.5 Å². The first-order valence-corrected chi connectivity index (χ1v) is 7.22. The van der Waals surface area contributed by atoms with E-state index in [1.807, 2.05) is 6.07 Å². The van der Waals surface area contributed by atoms with Crippen molar-refractivity contribution in [1.29, 1.82) is 0 Å². The van der Waals surface area contributed by atoms with E-state index in [1.165, 1.54) is 0 Å². The van der Waals surface area contributed by atoms with Crippen molar-refractivity contribution in [3.8, 4) is 11.5 Å². The fourth-order valence-electron chi connectivity index (χ4n) is 1.89. The predicted molar refractivity (Wildman–Crippen MR) is 74.5 cm³/mol. The van der Waals surface area contributed by atoms with E-state index in [0.717, 1.165) is 8.95 Å². The Hall–Kier alpha value is -0.830. The zero-order chi connectivity index (χ0) is 13.4. The normalized spacial score (nSPS) is 22.9. The minimum Gasteiger partial charge on any atom is -0.379 e. The van der Waals surface area contributed by atoms with Crippen LogP contribution in [0.2, 0.25) is 0 Å². The van der Waals surface area contributed by atoms with Crippen molar-refractivity contribution in [3.63, 3.8) is 0 Å². The highest BCUT2D eigenvalue weighted by Gasteiger charge is 2.31. The molecule has 2 N–H and O–H groups in total. The van der Waals surface area contributed by atoms with Crippen molar-refractivity contribution >= 4 is 31.9 Å². The fraction of sp³-hybridized carbons (Fsp3) is 0.364. The second-order valence-electron chi connectivity index (χ2n) is 4.25. The predicted octanol–water partition coefficient (Wildman–Crippen LogP) is 2.10. The summed E-state index contributed by atoms with van der Waals surface area (Å²) in [5, 5.41) is 3.95. The highest BCUT2D eigenvalue weighted by molar-refractivity contribution is 9.11. The lowest BCUT2D eigenvalue weighted by atomic mass is 10.1. The van der Waals surface area contributed by atoms with E-state index in [9.17, 15) is 0 Å². The Kier molecular flexibility index (Phi) is 3.66. The summed E-state index contributed by atoms with van der Waals surface area (Å²) in [4.78, 5) is 8.62. The lowest BCUT2D eigenvalue weighted by molar-refractivity contribution is 0.187. The average molecular weight is 390 g/mol. The number of hydrogen-bond acceptors (Lipinski definition) is 6. The van der Waals surface area contributed by atoms with Gasteiger partial charge in [-0.05, 0) is 37.9 Å². The van der Waals surface area contributed by atoms with E-state index in [0.29, 0.717) is 30.6 Å². The monoisotopic (exact) mass is 388 g/mol. The Morgan fingerprint density at radius 3 is 2.84 bits per heavy atom. The topological polar surface area (TPSA) is 87.1 Å². The minimum absolute atomic E-state index is 0.0459. The fourth-order valence-corrected chi connectivity index (χ4v) is 3.05. The summed E-state index contributed by atoms with van der Waals surface area (Å²) >= 11 is 6.77. The van der Waals surface area contributed by atoms with Gasteiger partial charge in [0.25, 0.3) is 0 Å². The van der Waals surface area contributed by atoms with Gasteiger partial charge in [0.2, 0.25) is 11.7 Å². The van der Waals surface area contributed by atoms with Crippen LogP contribution in [0, 0.1) is 0 Å². The molecule has 0 saturated carbocycles. The maximum atomic E-state index is 5.92. The second kappa shape index (κ2) is 5.28. The van der Waals surface area contributed by atoms with E-state index < -0.39 is 0 Å². The van der Waals surface area contributed by atoms with Crippen molar-refractivity contribution in [2.45, 2.75) is 12.0 Å². The maximum Gasteiger partial charge on any atom is 0.234 e. The summed E-state index contributed by atoms with van der Waals surface area (Å²) < 4.78 is 12.2. The van der Waals surface area contributed by atoms with Gasteiger partial charge in [-0.3, -0.25) is 4.98 Å². The summed E-state index contributed by atoms with van der Waals surface area (Å²) in [6.45, 7) is 1.03. The maximum absolute atomic E-state index is 5.92. The third-order valence-electron chi connectivity index (χ3n) is 2.90. The van der Waals surface area contributed by atoms with Crippen LogP contribution in [0.15, 0.2) is 25.7 Å². The summed E-state index contributed by atoms with van der Waals surface area (Å²) in [5.74, 6) is 0.889. The first-order chi connectivity index (χ1) is 9.15. The average Bonchev–Trinajstić information content (AvgIpc) is 2.97. The quantitative estimate of drug-likeness (QED) is 0.846. The number of hydrogen-bond donors (Lipinski definition) is 1. The van der Waals surface area contributed by atoms with E-state index in [1.54, 1.807) is 6.20 Å². The van der Waals surface area contributed by atoms with Gasteiger partial charge in [-0.25, -0.2) is 0 Å². The molecule has 6 nitrogen and oxygen atoms in total. The molecule has 0 radical (unpaired) electrons. The lowest BCUT2D eigenvalue weighted by Gasteiger charge is -2.06. The molecule has 2 aromatic heterocycles. The van der Waals surface area contributed by atoms with Crippen LogP contribution in [0.5, 0.6) is 0 Å². The molecule has 0 aliphatic carbocycles. The van der Waals surface area contributed by atoms with Crippen molar-refractivity contribution in [2.75, 3.05) is 13.2 Å². The Morgan fingerprint density at radius 2 is 2.16 bits per heavy atom. The van der Waals surface area contributed by atoms with Gasteiger partial charge < -0.3 is 15.0 Å². The van der Waals surface area contributed by atoms with Crippen molar-refractivity contribution < 1.29 is 9.26 Å². The van der Waals surface area contributed by atoms with Crippen LogP contribution in [0.4, 0.5) is 0 Å². The highest BCUT2D eigenvalue weighted by atomic mass is 79.9. The smallest absolute Gasteiger partial charge is 0.234 e. The third kappa shape index (κ3) is 2.58. The molecule has 2 unspecified atom stereocenters. The van der Waals surface area contributed by atoms with Gasteiger partial charge >= 0.3 is 0 Å². The number of aromatic nitrogens is 3. The van der Waals surface area contributed by atoms with Crippen LogP contribution in [-0.2, 0) is 4.74 Å².